The zero-order valence-electron chi connectivity index (χ0n) is 9.65. The molecular formula is C12H16N3+. The number of aryl methyl sites for hydroxylation is 2. The normalized spacial score (nSPS) is 10.7. The summed E-state index contributed by atoms with van der Waals surface area (Å²) in [7, 11) is 2.06. The van der Waals surface area contributed by atoms with Gasteiger partial charge >= 0.3 is 0 Å². The Labute approximate surface area is 90.0 Å². The second-order valence-electron chi connectivity index (χ2n) is 3.93. The monoisotopic (exact) mass is 202 g/mol. The Bertz CT molecular complexity index is 498. The lowest BCUT2D eigenvalue weighted by Crippen LogP contribution is -2.39. The van der Waals surface area contributed by atoms with Crippen molar-refractivity contribution in [1.82, 2.24) is 9.67 Å². The maximum absolute atomic E-state index is 4.17. The molecule has 0 amide bonds. The largest absolute Gasteiger partial charge is 0.258 e. The Morgan fingerprint density at radius 2 is 1.93 bits per heavy atom. The van der Waals surface area contributed by atoms with Crippen LogP contribution in [-0.2, 0) is 7.05 Å². The maximum atomic E-state index is 4.17. The average Bonchev–Trinajstić information content (AvgIpc) is 2.47. The molecule has 78 valence electrons. The van der Waals surface area contributed by atoms with Gasteiger partial charge in [0, 0.05) is 17.3 Å². The van der Waals surface area contributed by atoms with E-state index in [1.54, 1.807) is 0 Å². The van der Waals surface area contributed by atoms with E-state index < -0.39 is 0 Å². The van der Waals surface area contributed by atoms with Crippen molar-refractivity contribution in [2.45, 2.75) is 20.8 Å². The van der Waals surface area contributed by atoms with E-state index in [1.165, 1.54) is 16.8 Å². The standard InChI is InChI=1S/C12H16N3/c1-9-5-6-13-7-12(9)15-8-10(2)11(3)14(15)4/h5-8H,1-4H3/q+1. The van der Waals surface area contributed by atoms with Crippen molar-refractivity contribution >= 4 is 0 Å². The fraction of sp³-hybridized carbons (Fsp3) is 0.333. The van der Waals surface area contributed by atoms with Gasteiger partial charge in [-0.05, 0) is 26.8 Å². The fourth-order valence-electron chi connectivity index (χ4n) is 1.71. The summed E-state index contributed by atoms with van der Waals surface area (Å²) in [5, 5.41) is 0. The molecule has 2 aromatic heterocycles. The van der Waals surface area contributed by atoms with Crippen molar-refractivity contribution in [1.29, 1.82) is 0 Å². The van der Waals surface area contributed by atoms with Gasteiger partial charge in [0.15, 0.2) is 0 Å². The summed E-state index contributed by atoms with van der Waals surface area (Å²) in [5.41, 5.74) is 4.94. The number of pyridine rings is 1. The third-order valence-corrected chi connectivity index (χ3v) is 2.95. The molecular weight excluding hydrogens is 186 g/mol. The first kappa shape index (κ1) is 9.90. The highest BCUT2D eigenvalue weighted by Crippen LogP contribution is 2.08. The molecule has 0 aromatic carbocycles. The first-order valence-electron chi connectivity index (χ1n) is 5.07. The lowest BCUT2D eigenvalue weighted by molar-refractivity contribution is -0.683. The molecule has 15 heavy (non-hydrogen) atoms. The summed E-state index contributed by atoms with van der Waals surface area (Å²) in [5.74, 6) is 0. The SMILES string of the molecule is Cc1ccncc1-[n+]1cc(C)c(C)n1C. The van der Waals surface area contributed by atoms with E-state index in [-0.39, 0.29) is 0 Å². The Morgan fingerprint density at radius 3 is 2.47 bits per heavy atom. The molecule has 0 unspecified atom stereocenters. The van der Waals surface area contributed by atoms with Crippen LogP contribution in [0, 0.1) is 20.8 Å². The van der Waals surface area contributed by atoms with Gasteiger partial charge in [-0.25, -0.2) is 0 Å². The summed E-state index contributed by atoms with van der Waals surface area (Å²) >= 11 is 0. The van der Waals surface area contributed by atoms with E-state index in [1.807, 2.05) is 18.5 Å². The van der Waals surface area contributed by atoms with Gasteiger partial charge in [-0.2, -0.15) is 4.68 Å². The summed E-state index contributed by atoms with van der Waals surface area (Å²) < 4.78 is 4.27. The molecule has 3 heteroatoms. The van der Waals surface area contributed by atoms with Crippen LogP contribution in [0.2, 0.25) is 0 Å². The molecule has 0 spiro atoms. The molecule has 2 rings (SSSR count). The number of nitrogens with zero attached hydrogens (tertiary/aromatic N) is 3. The van der Waals surface area contributed by atoms with Gasteiger partial charge in [0.05, 0.1) is 12.7 Å². The summed E-state index contributed by atoms with van der Waals surface area (Å²) in [6, 6.07) is 2.03. The molecule has 2 heterocycles. The van der Waals surface area contributed by atoms with Crippen molar-refractivity contribution in [2.24, 2.45) is 7.05 Å². The molecule has 0 saturated carbocycles. The maximum Gasteiger partial charge on any atom is 0.256 e. The minimum Gasteiger partial charge on any atom is -0.258 e. The van der Waals surface area contributed by atoms with Gasteiger partial charge in [0.1, 0.15) is 6.20 Å². The average molecular weight is 202 g/mol. The van der Waals surface area contributed by atoms with Crippen LogP contribution in [0.25, 0.3) is 5.69 Å². The van der Waals surface area contributed by atoms with E-state index in [2.05, 4.69) is 48.4 Å². The minimum absolute atomic E-state index is 1.14. The van der Waals surface area contributed by atoms with Crippen LogP contribution in [0.3, 0.4) is 0 Å². The molecule has 0 N–H and O–H groups in total. The van der Waals surface area contributed by atoms with Crippen molar-refractivity contribution in [3.63, 3.8) is 0 Å². The Balaban J connectivity index is 2.65. The molecule has 3 nitrogen and oxygen atoms in total. The number of hydrogen-bond acceptors (Lipinski definition) is 1. The van der Waals surface area contributed by atoms with E-state index in [4.69, 9.17) is 0 Å². The quantitative estimate of drug-likeness (QED) is 0.644. The molecule has 0 fully saturated rings. The summed E-state index contributed by atoms with van der Waals surface area (Å²) in [6.07, 6.45) is 5.86. The van der Waals surface area contributed by atoms with E-state index >= 15 is 0 Å². The van der Waals surface area contributed by atoms with Crippen LogP contribution in [0.4, 0.5) is 0 Å². The topological polar surface area (TPSA) is 21.7 Å². The fourth-order valence-corrected chi connectivity index (χ4v) is 1.71. The van der Waals surface area contributed by atoms with Crippen LogP contribution in [0.1, 0.15) is 16.8 Å². The van der Waals surface area contributed by atoms with Crippen molar-refractivity contribution < 1.29 is 4.68 Å². The summed E-state index contributed by atoms with van der Waals surface area (Å²) in [6.45, 7) is 6.34. The van der Waals surface area contributed by atoms with Crippen molar-refractivity contribution in [2.75, 3.05) is 0 Å². The molecule has 0 saturated heterocycles. The van der Waals surface area contributed by atoms with Gasteiger partial charge < -0.3 is 0 Å². The predicted molar refractivity (Wildman–Crippen MR) is 59.0 cm³/mol. The molecule has 0 bridgehead atoms. The first-order valence-corrected chi connectivity index (χ1v) is 5.07. The van der Waals surface area contributed by atoms with Gasteiger partial charge in [-0.1, -0.05) is 4.68 Å². The van der Waals surface area contributed by atoms with Crippen LogP contribution in [0.15, 0.2) is 24.7 Å². The van der Waals surface area contributed by atoms with Crippen LogP contribution in [0.5, 0.6) is 0 Å². The minimum atomic E-state index is 1.14. The second-order valence-corrected chi connectivity index (χ2v) is 3.93. The lowest BCUT2D eigenvalue weighted by atomic mass is 10.2. The highest BCUT2D eigenvalue weighted by molar-refractivity contribution is 5.28. The highest BCUT2D eigenvalue weighted by Gasteiger charge is 2.17. The Hall–Kier alpha value is -1.64. The van der Waals surface area contributed by atoms with Crippen molar-refractivity contribution in [3.05, 3.63) is 41.5 Å². The zero-order chi connectivity index (χ0) is 11.0. The number of hydrogen-bond donors (Lipinski definition) is 0. The van der Waals surface area contributed by atoms with Gasteiger partial charge in [0.2, 0.25) is 6.20 Å². The molecule has 0 radical (unpaired) electrons. The van der Waals surface area contributed by atoms with Crippen molar-refractivity contribution in [3.8, 4) is 5.69 Å². The summed E-state index contributed by atoms with van der Waals surface area (Å²) in [4.78, 5) is 4.17. The van der Waals surface area contributed by atoms with Crippen LogP contribution < -0.4 is 4.68 Å². The molecule has 0 aliphatic rings. The van der Waals surface area contributed by atoms with E-state index in [0.29, 0.717) is 0 Å². The van der Waals surface area contributed by atoms with Gasteiger partial charge in [-0.3, -0.25) is 4.98 Å². The molecule has 2 aromatic rings. The first-order chi connectivity index (χ1) is 7.11. The van der Waals surface area contributed by atoms with E-state index in [0.717, 1.165) is 5.69 Å². The van der Waals surface area contributed by atoms with Gasteiger partial charge in [0.25, 0.3) is 5.69 Å². The number of aromatic nitrogens is 3. The number of rotatable bonds is 1. The Morgan fingerprint density at radius 1 is 1.20 bits per heavy atom. The zero-order valence-corrected chi connectivity index (χ0v) is 9.65. The van der Waals surface area contributed by atoms with E-state index in [9.17, 15) is 0 Å². The highest BCUT2D eigenvalue weighted by atomic mass is 15.4. The molecule has 0 aliphatic heterocycles. The lowest BCUT2D eigenvalue weighted by Gasteiger charge is -1.99. The van der Waals surface area contributed by atoms with Crippen LogP contribution >= 0.6 is 0 Å². The predicted octanol–water partition coefficient (Wildman–Crippen LogP) is 1.62. The van der Waals surface area contributed by atoms with Crippen LogP contribution in [-0.4, -0.2) is 9.67 Å². The third-order valence-electron chi connectivity index (χ3n) is 2.95. The molecule has 0 atom stereocenters. The smallest absolute Gasteiger partial charge is 0.256 e. The van der Waals surface area contributed by atoms with Gasteiger partial charge in [-0.15, -0.1) is 0 Å². The second kappa shape index (κ2) is 3.50. The molecule has 0 aliphatic carbocycles. The Kier molecular flexibility index (Phi) is 2.31. The third kappa shape index (κ3) is 1.54.